The van der Waals surface area contributed by atoms with E-state index < -0.39 is 17.3 Å². The predicted molar refractivity (Wildman–Crippen MR) is 63.8 cm³/mol. The Bertz CT molecular complexity index is 405. The highest BCUT2D eigenvalue weighted by molar-refractivity contribution is 7.03. The second kappa shape index (κ2) is 3.96. The number of nitrogens with zero attached hydrogens (tertiary/aromatic N) is 2. The van der Waals surface area contributed by atoms with Gasteiger partial charge >= 0.3 is 6.09 Å². The van der Waals surface area contributed by atoms with Crippen molar-refractivity contribution in [2.75, 3.05) is 13.1 Å². The van der Waals surface area contributed by atoms with Gasteiger partial charge in [-0.2, -0.15) is 4.37 Å². The van der Waals surface area contributed by atoms with Gasteiger partial charge in [0, 0.05) is 5.38 Å². The average molecular weight is 256 g/mol. The standard InChI is InChI=1S/C11H16N2O3S/c1-10(2,3)16-9(14)13-6-11(15,7-13)8-4-5-17-12-8/h4-5,15H,6-7H2,1-3H3. The predicted octanol–water partition coefficient (Wildman–Crippen LogP) is 1.58. The van der Waals surface area contributed by atoms with Crippen LogP contribution in [0.5, 0.6) is 0 Å². The average Bonchev–Trinajstić information content (AvgIpc) is 2.62. The summed E-state index contributed by atoms with van der Waals surface area (Å²) in [5.41, 5.74) is -0.884. The van der Waals surface area contributed by atoms with Crippen molar-refractivity contribution in [1.82, 2.24) is 9.27 Å². The third kappa shape index (κ3) is 2.58. The number of hydrogen-bond acceptors (Lipinski definition) is 5. The zero-order valence-corrected chi connectivity index (χ0v) is 11.0. The van der Waals surface area contributed by atoms with Crippen molar-refractivity contribution in [2.24, 2.45) is 0 Å². The molecule has 17 heavy (non-hydrogen) atoms. The van der Waals surface area contributed by atoms with Crippen LogP contribution in [0.3, 0.4) is 0 Å². The molecule has 5 nitrogen and oxygen atoms in total. The number of aliphatic hydroxyl groups is 1. The minimum Gasteiger partial charge on any atom is -0.444 e. The summed E-state index contributed by atoms with van der Waals surface area (Å²) in [6.45, 7) is 5.93. The summed E-state index contributed by atoms with van der Waals surface area (Å²) in [5, 5.41) is 12.0. The van der Waals surface area contributed by atoms with Gasteiger partial charge in [-0.05, 0) is 38.4 Å². The molecule has 6 heteroatoms. The van der Waals surface area contributed by atoms with Crippen LogP contribution in [0.2, 0.25) is 0 Å². The van der Waals surface area contributed by atoms with E-state index in [-0.39, 0.29) is 13.1 Å². The Kier molecular flexibility index (Phi) is 2.87. The second-order valence-corrected chi connectivity index (χ2v) is 5.92. The first-order valence-corrected chi connectivity index (χ1v) is 6.25. The van der Waals surface area contributed by atoms with Gasteiger partial charge in [0.1, 0.15) is 11.2 Å². The Hall–Kier alpha value is -1.14. The second-order valence-electron chi connectivity index (χ2n) is 5.25. The highest BCUT2D eigenvalue weighted by Crippen LogP contribution is 2.32. The van der Waals surface area contributed by atoms with E-state index in [4.69, 9.17) is 4.74 Å². The summed E-state index contributed by atoms with van der Waals surface area (Å²) in [5.74, 6) is 0. The zero-order valence-electron chi connectivity index (χ0n) is 10.1. The van der Waals surface area contributed by atoms with Gasteiger partial charge in [0.05, 0.1) is 18.8 Å². The third-order valence-electron chi connectivity index (χ3n) is 2.47. The number of β-amino-alcohol motifs (C(OH)–C–C–N with tert-alkyl or cyclic N) is 1. The molecule has 2 heterocycles. The van der Waals surface area contributed by atoms with Gasteiger partial charge in [-0.15, -0.1) is 0 Å². The topological polar surface area (TPSA) is 62.7 Å². The summed E-state index contributed by atoms with van der Waals surface area (Å²) >= 11 is 1.29. The minimum atomic E-state index is -1.00. The maximum atomic E-state index is 11.7. The lowest BCUT2D eigenvalue weighted by molar-refractivity contribution is -0.105. The summed E-state index contributed by atoms with van der Waals surface area (Å²) < 4.78 is 9.30. The molecule has 1 aliphatic heterocycles. The molecule has 1 aromatic heterocycles. The van der Waals surface area contributed by atoms with Crippen LogP contribution >= 0.6 is 11.5 Å². The van der Waals surface area contributed by atoms with Crippen molar-refractivity contribution >= 4 is 17.6 Å². The van der Waals surface area contributed by atoms with Crippen LogP contribution in [0.15, 0.2) is 11.4 Å². The quantitative estimate of drug-likeness (QED) is 0.828. The molecule has 0 unspecified atom stereocenters. The summed E-state index contributed by atoms with van der Waals surface area (Å²) in [4.78, 5) is 13.1. The number of carbonyl (C=O) groups is 1. The Morgan fingerprint density at radius 3 is 2.71 bits per heavy atom. The van der Waals surface area contributed by atoms with Crippen molar-refractivity contribution in [1.29, 1.82) is 0 Å². The normalized spacial score (nSPS) is 18.7. The van der Waals surface area contributed by atoms with Crippen LogP contribution in [0.1, 0.15) is 26.5 Å². The highest BCUT2D eigenvalue weighted by Gasteiger charge is 2.47. The van der Waals surface area contributed by atoms with Gasteiger partial charge in [-0.25, -0.2) is 4.79 Å². The molecule has 0 bridgehead atoms. The summed E-state index contributed by atoms with van der Waals surface area (Å²) in [6, 6.07) is 1.77. The van der Waals surface area contributed by atoms with Crippen molar-refractivity contribution < 1.29 is 14.6 Å². The monoisotopic (exact) mass is 256 g/mol. The molecule has 0 radical (unpaired) electrons. The van der Waals surface area contributed by atoms with Crippen LogP contribution in [0, 0.1) is 0 Å². The van der Waals surface area contributed by atoms with Gasteiger partial charge in [-0.1, -0.05) is 0 Å². The van der Waals surface area contributed by atoms with E-state index in [0.717, 1.165) is 0 Å². The largest absolute Gasteiger partial charge is 0.444 e. The van der Waals surface area contributed by atoms with E-state index in [1.165, 1.54) is 16.4 Å². The molecule has 1 aliphatic rings. The maximum Gasteiger partial charge on any atom is 0.410 e. The van der Waals surface area contributed by atoms with E-state index in [0.29, 0.717) is 5.69 Å². The number of hydrogen-bond donors (Lipinski definition) is 1. The molecule has 1 N–H and O–H groups in total. The lowest BCUT2D eigenvalue weighted by Gasteiger charge is -2.45. The van der Waals surface area contributed by atoms with Crippen LogP contribution < -0.4 is 0 Å². The number of amides is 1. The maximum absolute atomic E-state index is 11.7. The Morgan fingerprint density at radius 2 is 2.24 bits per heavy atom. The molecule has 1 aromatic rings. The van der Waals surface area contributed by atoms with E-state index in [1.807, 2.05) is 26.2 Å². The molecule has 1 fully saturated rings. The minimum absolute atomic E-state index is 0.242. The fourth-order valence-corrected chi connectivity index (χ4v) is 2.25. The number of rotatable bonds is 1. The van der Waals surface area contributed by atoms with Crippen LogP contribution in [-0.2, 0) is 10.3 Å². The molecule has 2 rings (SSSR count). The SMILES string of the molecule is CC(C)(C)OC(=O)N1CC(O)(c2ccsn2)C1. The molecule has 0 spiro atoms. The molecule has 0 aliphatic carbocycles. The molecular formula is C11H16N2O3S. The van der Waals surface area contributed by atoms with Crippen LogP contribution in [0.4, 0.5) is 4.79 Å². The summed E-state index contributed by atoms with van der Waals surface area (Å²) in [7, 11) is 0. The molecular weight excluding hydrogens is 240 g/mol. The number of carbonyl (C=O) groups excluding carboxylic acids is 1. The molecule has 0 saturated carbocycles. The molecule has 1 amide bonds. The van der Waals surface area contributed by atoms with Crippen LogP contribution in [0.25, 0.3) is 0 Å². The van der Waals surface area contributed by atoms with Crippen LogP contribution in [-0.4, -0.2) is 39.2 Å². The van der Waals surface area contributed by atoms with Crippen molar-refractivity contribution in [3.8, 4) is 0 Å². The lowest BCUT2D eigenvalue weighted by atomic mass is 9.91. The molecule has 0 aromatic carbocycles. The van der Waals surface area contributed by atoms with E-state index in [1.54, 1.807) is 6.07 Å². The smallest absolute Gasteiger partial charge is 0.410 e. The number of aromatic nitrogens is 1. The van der Waals surface area contributed by atoms with Gasteiger partial charge < -0.3 is 14.7 Å². The Morgan fingerprint density at radius 1 is 1.59 bits per heavy atom. The first kappa shape index (κ1) is 12.3. The summed E-state index contributed by atoms with van der Waals surface area (Å²) in [6.07, 6.45) is -0.391. The van der Waals surface area contributed by atoms with Gasteiger partial charge in [-0.3, -0.25) is 0 Å². The molecule has 94 valence electrons. The van der Waals surface area contributed by atoms with Gasteiger partial charge in [0.2, 0.25) is 0 Å². The fraction of sp³-hybridized carbons (Fsp3) is 0.636. The highest BCUT2D eigenvalue weighted by atomic mass is 32.1. The molecule has 1 saturated heterocycles. The number of ether oxygens (including phenoxy) is 1. The molecule has 0 atom stereocenters. The van der Waals surface area contributed by atoms with Crippen molar-refractivity contribution in [3.63, 3.8) is 0 Å². The van der Waals surface area contributed by atoms with E-state index in [2.05, 4.69) is 4.37 Å². The van der Waals surface area contributed by atoms with Crippen molar-refractivity contribution in [2.45, 2.75) is 32.0 Å². The van der Waals surface area contributed by atoms with Gasteiger partial charge in [0.25, 0.3) is 0 Å². The van der Waals surface area contributed by atoms with Gasteiger partial charge in [0.15, 0.2) is 0 Å². The van der Waals surface area contributed by atoms with E-state index >= 15 is 0 Å². The Labute approximate surface area is 104 Å². The number of likely N-dealkylation sites (tertiary alicyclic amines) is 1. The third-order valence-corrected chi connectivity index (χ3v) is 3.03. The first-order chi connectivity index (χ1) is 7.80. The lowest BCUT2D eigenvalue weighted by Crippen LogP contribution is -2.62. The Balaban J connectivity index is 1.93. The van der Waals surface area contributed by atoms with Crippen molar-refractivity contribution in [3.05, 3.63) is 17.1 Å². The zero-order chi connectivity index (χ0) is 12.7. The van der Waals surface area contributed by atoms with E-state index in [9.17, 15) is 9.90 Å². The first-order valence-electron chi connectivity index (χ1n) is 5.41. The fourth-order valence-electron chi connectivity index (χ4n) is 1.66.